The molecule has 5 rings (SSSR count). The Bertz CT molecular complexity index is 1360. The molecule has 0 saturated carbocycles. The minimum absolute atomic E-state index is 0.0792. The topological polar surface area (TPSA) is 113 Å². The number of carbonyl (C=O) groups excluding carboxylic acids is 3. The molecule has 32 heavy (non-hydrogen) atoms. The quantitative estimate of drug-likeness (QED) is 0.465. The molecule has 0 bridgehead atoms. The third-order valence-electron chi connectivity index (χ3n) is 5.06. The zero-order chi connectivity index (χ0) is 22.4. The number of imide groups is 1. The van der Waals surface area contributed by atoms with Crippen molar-refractivity contribution >= 4 is 46.4 Å². The third kappa shape index (κ3) is 3.28. The monoisotopic (exact) mass is 445 g/mol. The van der Waals surface area contributed by atoms with Crippen LogP contribution in [0, 0.1) is 5.41 Å². The van der Waals surface area contributed by atoms with Gasteiger partial charge in [0.25, 0.3) is 17.7 Å². The molecule has 2 aromatic carbocycles. The van der Waals surface area contributed by atoms with Gasteiger partial charge in [0.1, 0.15) is 17.3 Å². The highest BCUT2D eigenvalue weighted by Crippen LogP contribution is 2.37. The smallest absolute Gasteiger partial charge is 0.271 e. The molecule has 158 valence electrons. The summed E-state index contributed by atoms with van der Waals surface area (Å²) in [6.07, 6.45) is 1.58. The average Bonchev–Trinajstić information content (AvgIpc) is 3.45. The van der Waals surface area contributed by atoms with Crippen molar-refractivity contribution in [2.24, 2.45) is 0 Å². The summed E-state index contributed by atoms with van der Waals surface area (Å²) < 4.78 is 11.1. The summed E-state index contributed by atoms with van der Waals surface area (Å²) >= 11 is 1.04. The lowest BCUT2D eigenvalue weighted by molar-refractivity contribution is -0.113. The number of amidine groups is 1. The van der Waals surface area contributed by atoms with Crippen molar-refractivity contribution in [1.82, 2.24) is 5.32 Å². The number of carbonyl (C=O) groups is 3. The van der Waals surface area contributed by atoms with E-state index in [4.69, 9.17) is 14.6 Å². The standard InChI is InChI=1S/C23H15N3O5S/c1-30-14-4-2-3-13(10-14)26-22(29)19(32-23(26)24)11-15-6-8-18(31-15)12-5-7-16-17(9-12)21(28)25-20(16)27/h2-11,24H,1H3,(H,25,27,28)/b19-11-,24-23?. The number of thioether (sulfide) groups is 1. The van der Waals surface area contributed by atoms with Crippen LogP contribution >= 0.6 is 11.8 Å². The Balaban J connectivity index is 1.42. The summed E-state index contributed by atoms with van der Waals surface area (Å²) in [6.45, 7) is 0. The number of anilines is 1. The van der Waals surface area contributed by atoms with Gasteiger partial charge in [0.15, 0.2) is 5.17 Å². The van der Waals surface area contributed by atoms with E-state index in [9.17, 15) is 14.4 Å². The maximum Gasteiger partial charge on any atom is 0.271 e. The highest BCUT2D eigenvalue weighted by molar-refractivity contribution is 8.19. The van der Waals surface area contributed by atoms with Gasteiger partial charge in [0.2, 0.25) is 0 Å². The molecule has 2 aliphatic rings. The van der Waals surface area contributed by atoms with Crippen molar-refractivity contribution in [3.8, 4) is 17.1 Å². The number of nitrogens with one attached hydrogen (secondary N) is 2. The maximum absolute atomic E-state index is 12.9. The molecule has 0 unspecified atom stereocenters. The first-order valence-corrected chi connectivity index (χ1v) is 10.3. The summed E-state index contributed by atoms with van der Waals surface area (Å²) in [5, 5.41) is 10.6. The minimum atomic E-state index is -0.440. The number of benzene rings is 2. The summed E-state index contributed by atoms with van der Waals surface area (Å²) in [5.41, 5.74) is 1.81. The number of ether oxygens (including phenoxy) is 1. The Hall–Kier alpha value is -4.11. The van der Waals surface area contributed by atoms with Crippen LogP contribution in [0.3, 0.4) is 0 Å². The van der Waals surface area contributed by atoms with Crippen LogP contribution in [0.5, 0.6) is 5.75 Å². The van der Waals surface area contributed by atoms with E-state index in [-0.39, 0.29) is 11.1 Å². The number of nitrogens with zero attached hydrogens (tertiary/aromatic N) is 1. The van der Waals surface area contributed by atoms with Crippen LogP contribution in [0.1, 0.15) is 26.5 Å². The first kappa shape index (κ1) is 19.8. The van der Waals surface area contributed by atoms with Crippen molar-refractivity contribution in [2.45, 2.75) is 0 Å². The van der Waals surface area contributed by atoms with Crippen LogP contribution in [0.15, 0.2) is 63.9 Å². The number of methoxy groups -OCH3 is 1. The van der Waals surface area contributed by atoms with E-state index in [0.29, 0.717) is 44.6 Å². The Labute approximate surface area is 186 Å². The van der Waals surface area contributed by atoms with Crippen molar-refractivity contribution in [3.05, 3.63) is 76.4 Å². The van der Waals surface area contributed by atoms with Gasteiger partial charge in [-0.2, -0.15) is 0 Å². The summed E-state index contributed by atoms with van der Waals surface area (Å²) in [6, 6.07) is 15.2. The number of hydrogen-bond donors (Lipinski definition) is 2. The fourth-order valence-corrected chi connectivity index (χ4v) is 4.35. The van der Waals surface area contributed by atoms with E-state index in [0.717, 1.165) is 11.8 Å². The highest BCUT2D eigenvalue weighted by Gasteiger charge is 2.34. The van der Waals surface area contributed by atoms with Gasteiger partial charge in [0.05, 0.1) is 28.8 Å². The van der Waals surface area contributed by atoms with Crippen molar-refractivity contribution in [3.63, 3.8) is 0 Å². The van der Waals surface area contributed by atoms with E-state index < -0.39 is 11.8 Å². The number of amides is 3. The Morgan fingerprint density at radius 3 is 2.66 bits per heavy atom. The van der Waals surface area contributed by atoms with Crippen LogP contribution in [-0.2, 0) is 4.79 Å². The SMILES string of the molecule is COc1cccc(N2C(=N)S/C(=C\c3ccc(-c4ccc5c(c4)C(=O)NC5=O)o3)C2=O)c1. The second-order valence-corrected chi connectivity index (χ2v) is 8.03. The summed E-state index contributed by atoms with van der Waals surface area (Å²) in [7, 11) is 1.54. The van der Waals surface area contributed by atoms with Crippen molar-refractivity contribution in [1.29, 1.82) is 5.41 Å². The maximum atomic E-state index is 12.9. The molecule has 3 heterocycles. The predicted octanol–water partition coefficient (Wildman–Crippen LogP) is 3.89. The van der Waals surface area contributed by atoms with Crippen LogP contribution in [0.25, 0.3) is 17.4 Å². The molecule has 1 aromatic heterocycles. The first-order chi connectivity index (χ1) is 15.4. The molecule has 0 atom stereocenters. The molecule has 2 aliphatic heterocycles. The van der Waals surface area contributed by atoms with Gasteiger partial charge in [-0.15, -0.1) is 0 Å². The van der Waals surface area contributed by atoms with Crippen LogP contribution in [0.2, 0.25) is 0 Å². The van der Waals surface area contributed by atoms with Crippen LogP contribution < -0.4 is 15.0 Å². The molecule has 1 saturated heterocycles. The van der Waals surface area contributed by atoms with Gasteiger partial charge in [-0.05, 0) is 48.2 Å². The van der Waals surface area contributed by atoms with E-state index in [1.807, 2.05) is 0 Å². The molecule has 8 nitrogen and oxygen atoms in total. The summed E-state index contributed by atoms with van der Waals surface area (Å²) in [4.78, 5) is 38.2. The number of fused-ring (bicyclic) bond motifs is 1. The number of hydrogen-bond acceptors (Lipinski definition) is 7. The zero-order valence-electron chi connectivity index (χ0n) is 16.7. The largest absolute Gasteiger partial charge is 0.497 e. The summed E-state index contributed by atoms with van der Waals surface area (Å²) in [5.74, 6) is 0.315. The lowest BCUT2D eigenvalue weighted by Crippen LogP contribution is -2.28. The molecule has 0 spiro atoms. The molecular weight excluding hydrogens is 430 g/mol. The molecule has 2 N–H and O–H groups in total. The lowest BCUT2D eigenvalue weighted by Gasteiger charge is -2.15. The molecule has 3 aromatic rings. The zero-order valence-corrected chi connectivity index (χ0v) is 17.5. The Morgan fingerprint density at radius 2 is 1.84 bits per heavy atom. The minimum Gasteiger partial charge on any atom is -0.497 e. The highest BCUT2D eigenvalue weighted by atomic mass is 32.2. The molecule has 9 heteroatoms. The normalized spacial score (nSPS) is 16.7. The fraction of sp³-hybridized carbons (Fsp3) is 0.0435. The average molecular weight is 445 g/mol. The second kappa shape index (κ2) is 7.54. The van der Waals surface area contributed by atoms with Gasteiger partial charge >= 0.3 is 0 Å². The predicted molar refractivity (Wildman–Crippen MR) is 120 cm³/mol. The molecule has 1 fully saturated rings. The number of furan rings is 1. The van der Waals surface area contributed by atoms with Gasteiger partial charge in [0, 0.05) is 17.7 Å². The van der Waals surface area contributed by atoms with Gasteiger partial charge in [-0.25, -0.2) is 0 Å². The van der Waals surface area contributed by atoms with Gasteiger partial charge < -0.3 is 9.15 Å². The molecule has 0 aliphatic carbocycles. The van der Waals surface area contributed by atoms with Gasteiger partial charge in [-0.1, -0.05) is 12.1 Å². The molecular formula is C23H15N3O5S. The molecule has 0 radical (unpaired) electrons. The number of rotatable bonds is 4. The van der Waals surface area contributed by atoms with Crippen LogP contribution in [0.4, 0.5) is 5.69 Å². The van der Waals surface area contributed by atoms with Crippen LogP contribution in [-0.4, -0.2) is 30.0 Å². The Morgan fingerprint density at radius 1 is 1.03 bits per heavy atom. The first-order valence-electron chi connectivity index (χ1n) is 9.51. The van der Waals surface area contributed by atoms with E-state index >= 15 is 0 Å². The van der Waals surface area contributed by atoms with E-state index in [1.165, 1.54) is 12.0 Å². The van der Waals surface area contributed by atoms with E-state index in [2.05, 4.69) is 5.32 Å². The third-order valence-corrected chi connectivity index (χ3v) is 5.94. The molecule has 3 amide bonds. The second-order valence-electron chi connectivity index (χ2n) is 7.00. The van der Waals surface area contributed by atoms with E-state index in [1.54, 1.807) is 60.7 Å². The van der Waals surface area contributed by atoms with Gasteiger partial charge in [-0.3, -0.25) is 30.0 Å². The fourth-order valence-electron chi connectivity index (χ4n) is 3.51. The Kier molecular flexibility index (Phi) is 4.67. The van der Waals surface area contributed by atoms with Crippen molar-refractivity contribution in [2.75, 3.05) is 12.0 Å². The van der Waals surface area contributed by atoms with Crippen molar-refractivity contribution < 1.29 is 23.5 Å². The lowest BCUT2D eigenvalue weighted by atomic mass is 10.0.